The van der Waals surface area contributed by atoms with Gasteiger partial charge in [0.15, 0.2) is 6.10 Å². The van der Waals surface area contributed by atoms with E-state index in [2.05, 4.69) is 10.1 Å². The molecule has 0 bridgehead atoms. The number of carbonyl (C=O) groups is 2. The lowest BCUT2D eigenvalue weighted by Gasteiger charge is -2.25. The number of esters is 1. The van der Waals surface area contributed by atoms with E-state index in [0.29, 0.717) is 5.75 Å². The molecular formula is C15H21NO4. The largest absolute Gasteiger partial charge is 0.481 e. The molecule has 0 aliphatic carbocycles. The van der Waals surface area contributed by atoms with Crippen molar-refractivity contribution in [1.82, 2.24) is 5.32 Å². The summed E-state index contributed by atoms with van der Waals surface area (Å²) >= 11 is 0. The SMILES string of the molecule is COC(=O)C(C)(C)NC(=O)[C@H](C)Oc1ccc(C)cc1. The van der Waals surface area contributed by atoms with Gasteiger partial charge in [-0.2, -0.15) is 0 Å². The summed E-state index contributed by atoms with van der Waals surface area (Å²) in [5.41, 5.74) is 0.0257. The Morgan fingerprint density at radius 3 is 2.25 bits per heavy atom. The Morgan fingerprint density at radius 2 is 1.75 bits per heavy atom. The van der Waals surface area contributed by atoms with Gasteiger partial charge in [0.05, 0.1) is 7.11 Å². The third-order valence-corrected chi connectivity index (χ3v) is 2.83. The molecule has 0 saturated carbocycles. The maximum Gasteiger partial charge on any atom is 0.330 e. The van der Waals surface area contributed by atoms with Crippen molar-refractivity contribution in [3.8, 4) is 5.75 Å². The van der Waals surface area contributed by atoms with Gasteiger partial charge in [-0.3, -0.25) is 4.79 Å². The molecule has 1 N–H and O–H groups in total. The van der Waals surface area contributed by atoms with E-state index in [1.165, 1.54) is 7.11 Å². The van der Waals surface area contributed by atoms with Gasteiger partial charge in [-0.1, -0.05) is 17.7 Å². The van der Waals surface area contributed by atoms with Gasteiger partial charge in [0.25, 0.3) is 5.91 Å². The molecule has 1 atom stereocenters. The van der Waals surface area contributed by atoms with E-state index in [1.807, 2.05) is 19.1 Å². The number of nitrogens with one attached hydrogen (secondary N) is 1. The van der Waals surface area contributed by atoms with Gasteiger partial charge >= 0.3 is 5.97 Å². The maximum absolute atomic E-state index is 12.0. The molecule has 5 heteroatoms. The highest BCUT2D eigenvalue weighted by Gasteiger charge is 2.32. The molecule has 1 aromatic rings. The second-order valence-corrected chi connectivity index (χ2v) is 5.18. The summed E-state index contributed by atoms with van der Waals surface area (Å²) in [5.74, 6) is -0.275. The Labute approximate surface area is 119 Å². The van der Waals surface area contributed by atoms with Crippen LogP contribution in [0.25, 0.3) is 0 Å². The van der Waals surface area contributed by atoms with Crippen LogP contribution in [-0.4, -0.2) is 30.6 Å². The normalized spacial score (nSPS) is 12.4. The van der Waals surface area contributed by atoms with E-state index in [-0.39, 0.29) is 5.91 Å². The molecule has 0 fully saturated rings. The highest BCUT2D eigenvalue weighted by molar-refractivity contribution is 5.89. The van der Waals surface area contributed by atoms with Gasteiger partial charge in [-0.15, -0.1) is 0 Å². The molecule has 1 rings (SSSR count). The van der Waals surface area contributed by atoms with Gasteiger partial charge in [-0.05, 0) is 39.8 Å². The Kier molecular flexibility index (Phi) is 5.13. The third-order valence-electron chi connectivity index (χ3n) is 2.83. The van der Waals surface area contributed by atoms with Crippen LogP contribution in [0.1, 0.15) is 26.3 Å². The third kappa shape index (κ3) is 4.26. The number of benzene rings is 1. The smallest absolute Gasteiger partial charge is 0.330 e. The number of rotatable bonds is 5. The average Bonchev–Trinajstić information content (AvgIpc) is 2.39. The molecule has 110 valence electrons. The molecule has 0 unspecified atom stereocenters. The molecule has 1 aromatic carbocycles. The fourth-order valence-corrected chi connectivity index (χ4v) is 1.59. The quantitative estimate of drug-likeness (QED) is 0.835. The molecule has 20 heavy (non-hydrogen) atoms. The zero-order valence-electron chi connectivity index (χ0n) is 12.5. The van der Waals surface area contributed by atoms with Crippen LogP contribution in [0.3, 0.4) is 0 Å². The van der Waals surface area contributed by atoms with Crippen molar-refractivity contribution in [1.29, 1.82) is 0 Å². The number of aryl methyl sites for hydroxylation is 1. The first-order chi connectivity index (χ1) is 9.26. The van der Waals surface area contributed by atoms with Crippen molar-refractivity contribution in [3.05, 3.63) is 29.8 Å². The number of carbonyl (C=O) groups excluding carboxylic acids is 2. The standard InChI is InChI=1S/C15H21NO4/c1-10-6-8-12(9-7-10)20-11(2)13(17)16-15(3,4)14(18)19-5/h6-9,11H,1-5H3,(H,16,17)/t11-/m0/s1. The lowest BCUT2D eigenvalue weighted by molar-refractivity contribution is -0.150. The van der Waals surface area contributed by atoms with Gasteiger partial charge in [-0.25, -0.2) is 4.79 Å². The maximum atomic E-state index is 12.0. The molecule has 0 spiro atoms. The van der Waals surface area contributed by atoms with Crippen molar-refractivity contribution in [2.45, 2.75) is 39.3 Å². The van der Waals surface area contributed by atoms with E-state index < -0.39 is 17.6 Å². The molecule has 0 saturated heterocycles. The van der Waals surface area contributed by atoms with Crippen molar-refractivity contribution >= 4 is 11.9 Å². The Morgan fingerprint density at radius 1 is 1.20 bits per heavy atom. The summed E-state index contributed by atoms with van der Waals surface area (Å²) in [7, 11) is 1.28. The minimum atomic E-state index is -1.09. The van der Waals surface area contributed by atoms with Gasteiger partial charge in [0, 0.05) is 0 Å². The van der Waals surface area contributed by atoms with E-state index in [4.69, 9.17) is 4.74 Å². The molecule has 5 nitrogen and oxygen atoms in total. The fraction of sp³-hybridized carbons (Fsp3) is 0.467. The van der Waals surface area contributed by atoms with Crippen molar-refractivity contribution in [2.24, 2.45) is 0 Å². The monoisotopic (exact) mass is 279 g/mol. The summed E-state index contributed by atoms with van der Waals surface area (Å²) in [6.07, 6.45) is -0.707. The fourth-order valence-electron chi connectivity index (χ4n) is 1.59. The van der Waals surface area contributed by atoms with E-state index in [9.17, 15) is 9.59 Å². The van der Waals surface area contributed by atoms with Crippen LogP contribution in [0.2, 0.25) is 0 Å². The molecule has 1 amide bonds. The second kappa shape index (κ2) is 6.41. The van der Waals surface area contributed by atoms with Crippen LogP contribution < -0.4 is 10.1 Å². The predicted octanol–water partition coefficient (Wildman–Crippen LogP) is 1.83. The highest BCUT2D eigenvalue weighted by atomic mass is 16.5. The molecule has 0 aliphatic heterocycles. The predicted molar refractivity (Wildman–Crippen MR) is 75.5 cm³/mol. The van der Waals surface area contributed by atoms with Crippen LogP contribution >= 0.6 is 0 Å². The minimum Gasteiger partial charge on any atom is -0.481 e. The zero-order chi connectivity index (χ0) is 15.3. The van der Waals surface area contributed by atoms with Crippen LogP contribution in [0.4, 0.5) is 0 Å². The summed E-state index contributed by atoms with van der Waals surface area (Å²) in [5, 5.41) is 2.60. The Balaban J connectivity index is 2.63. The molecular weight excluding hydrogens is 258 g/mol. The molecule has 0 heterocycles. The zero-order valence-corrected chi connectivity index (χ0v) is 12.5. The first-order valence-electron chi connectivity index (χ1n) is 6.40. The topological polar surface area (TPSA) is 64.6 Å². The minimum absolute atomic E-state index is 0.374. The average molecular weight is 279 g/mol. The van der Waals surface area contributed by atoms with Crippen LogP contribution in [0.15, 0.2) is 24.3 Å². The van der Waals surface area contributed by atoms with Crippen molar-refractivity contribution in [2.75, 3.05) is 7.11 Å². The summed E-state index contributed by atoms with van der Waals surface area (Å²) in [6, 6.07) is 7.39. The number of ether oxygens (including phenoxy) is 2. The van der Waals surface area contributed by atoms with Crippen LogP contribution in [0.5, 0.6) is 5.75 Å². The highest BCUT2D eigenvalue weighted by Crippen LogP contribution is 2.14. The molecule has 0 radical (unpaired) electrons. The van der Waals surface area contributed by atoms with Gasteiger partial charge in [0.1, 0.15) is 11.3 Å². The summed E-state index contributed by atoms with van der Waals surface area (Å²) in [6.45, 7) is 6.76. The molecule has 0 aromatic heterocycles. The summed E-state index contributed by atoms with van der Waals surface area (Å²) in [4.78, 5) is 23.5. The van der Waals surface area contributed by atoms with Gasteiger partial charge in [0.2, 0.25) is 0 Å². The first kappa shape index (κ1) is 16.0. The number of hydrogen-bond acceptors (Lipinski definition) is 4. The van der Waals surface area contributed by atoms with E-state index in [0.717, 1.165) is 5.56 Å². The van der Waals surface area contributed by atoms with Crippen LogP contribution in [-0.2, 0) is 14.3 Å². The van der Waals surface area contributed by atoms with E-state index >= 15 is 0 Å². The number of hydrogen-bond donors (Lipinski definition) is 1. The Bertz CT molecular complexity index is 479. The Hall–Kier alpha value is -2.04. The van der Waals surface area contributed by atoms with Crippen molar-refractivity contribution < 1.29 is 19.1 Å². The van der Waals surface area contributed by atoms with Gasteiger partial charge < -0.3 is 14.8 Å². The second-order valence-electron chi connectivity index (χ2n) is 5.18. The lowest BCUT2D eigenvalue weighted by atomic mass is 10.1. The van der Waals surface area contributed by atoms with Crippen LogP contribution in [0, 0.1) is 6.92 Å². The summed E-state index contributed by atoms with van der Waals surface area (Å²) < 4.78 is 10.2. The lowest BCUT2D eigenvalue weighted by Crippen LogP contribution is -2.53. The van der Waals surface area contributed by atoms with E-state index in [1.54, 1.807) is 32.9 Å². The van der Waals surface area contributed by atoms with Crippen molar-refractivity contribution in [3.63, 3.8) is 0 Å². The number of amides is 1. The number of methoxy groups -OCH3 is 1. The first-order valence-corrected chi connectivity index (χ1v) is 6.40. The molecule has 0 aliphatic rings.